The second-order valence-electron chi connectivity index (χ2n) is 4.82. The van der Waals surface area contributed by atoms with Gasteiger partial charge in [0.05, 0.1) is 12.1 Å². The molecule has 0 aromatic rings. The highest BCUT2D eigenvalue weighted by molar-refractivity contribution is 5.90. The standard InChI is InChI=1S/C12H24N2O2/c1-6-9(15)11(8(4)5)14-12(16)10(13)7(2)3/h7-8,10-11H,6,13H2,1-5H3,(H,14,16)/t10-,11+/m0/s1. The van der Waals surface area contributed by atoms with Crippen LogP contribution >= 0.6 is 0 Å². The molecule has 3 N–H and O–H groups in total. The third kappa shape index (κ3) is 4.31. The molecule has 0 aliphatic carbocycles. The largest absolute Gasteiger partial charge is 0.345 e. The van der Waals surface area contributed by atoms with Crippen LogP contribution < -0.4 is 11.1 Å². The summed E-state index contributed by atoms with van der Waals surface area (Å²) >= 11 is 0. The van der Waals surface area contributed by atoms with Crippen LogP contribution in [0.1, 0.15) is 41.0 Å². The van der Waals surface area contributed by atoms with Gasteiger partial charge in [-0.1, -0.05) is 34.6 Å². The predicted octanol–water partition coefficient (Wildman–Crippen LogP) is 1.09. The highest BCUT2D eigenvalue weighted by Crippen LogP contribution is 2.07. The molecule has 2 atom stereocenters. The van der Waals surface area contributed by atoms with Crippen molar-refractivity contribution in [3.63, 3.8) is 0 Å². The summed E-state index contributed by atoms with van der Waals surface area (Å²) in [5.74, 6) is -0.0184. The second-order valence-corrected chi connectivity index (χ2v) is 4.82. The lowest BCUT2D eigenvalue weighted by Gasteiger charge is -2.23. The first-order valence-corrected chi connectivity index (χ1v) is 5.89. The Labute approximate surface area is 98.0 Å². The average Bonchev–Trinajstić information content (AvgIpc) is 2.22. The summed E-state index contributed by atoms with van der Waals surface area (Å²) < 4.78 is 0. The van der Waals surface area contributed by atoms with E-state index in [1.165, 1.54) is 0 Å². The number of rotatable bonds is 6. The van der Waals surface area contributed by atoms with Gasteiger partial charge in [-0.25, -0.2) is 0 Å². The molecule has 0 saturated carbocycles. The van der Waals surface area contributed by atoms with Gasteiger partial charge in [-0.05, 0) is 11.8 Å². The zero-order valence-electron chi connectivity index (χ0n) is 10.9. The van der Waals surface area contributed by atoms with Crippen LogP contribution in [-0.4, -0.2) is 23.8 Å². The van der Waals surface area contributed by atoms with Gasteiger partial charge in [0.2, 0.25) is 5.91 Å². The Morgan fingerprint density at radius 1 is 1.12 bits per heavy atom. The van der Waals surface area contributed by atoms with E-state index in [9.17, 15) is 9.59 Å². The molecule has 0 bridgehead atoms. The monoisotopic (exact) mass is 228 g/mol. The van der Waals surface area contributed by atoms with Crippen molar-refractivity contribution in [1.82, 2.24) is 5.32 Å². The second kappa shape index (κ2) is 6.63. The van der Waals surface area contributed by atoms with E-state index < -0.39 is 12.1 Å². The van der Waals surface area contributed by atoms with E-state index in [1.807, 2.05) is 27.7 Å². The maximum Gasteiger partial charge on any atom is 0.237 e. The summed E-state index contributed by atoms with van der Waals surface area (Å²) in [6.07, 6.45) is 0.431. The molecule has 94 valence electrons. The lowest BCUT2D eigenvalue weighted by molar-refractivity contribution is -0.129. The van der Waals surface area contributed by atoms with Crippen LogP contribution in [0.5, 0.6) is 0 Å². The average molecular weight is 228 g/mol. The van der Waals surface area contributed by atoms with Crippen molar-refractivity contribution in [2.24, 2.45) is 17.6 Å². The van der Waals surface area contributed by atoms with Crippen LogP contribution in [0.3, 0.4) is 0 Å². The van der Waals surface area contributed by atoms with Gasteiger partial charge in [0.15, 0.2) is 5.78 Å². The Balaban J connectivity index is 4.53. The molecule has 0 rings (SSSR count). The third-order valence-corrected chi connectivity index (χ3v) is 2.68. The predicted molar refractivity (Wildman–Crippen MR) is 64.9 cm³/mol. The zero-order valence-corrected chi connectivity index (χ0v) is 10.9. The Morgan fingerprint density at radius 2 is 1.62 bits per heavy atom. The molecule has 0 aliphatic rings. The van der Waals surface area contributed by atoms with Gasteiger partial charge in [0, 0.05) is 6.42 Å². The van der Waals surface area contributed by atoms with Gasteiger partial charge in [-0.2, -0.15) is 0 Å². The molecule has 0 unspecified atom stereocenters. The quantitative estimate of drug-likeness (QED) is 0.714. The van der Waals surface area contributed by atoms with E-state index in [2.05, 4.69) is 5.32 Å². The minimum absolute atomic E-state index is 0.0549. The Bertz CT molecular complexity index is 249. The fraction of sp³-hybridized carbons (Fsp3) is 0.833. The smallest absolute Gasteiger partial charge is 0.237 e. The molecule has 0 spiro atoms. The first-order chi connectivity index (χ1) is 7.31. The molecule has 0 aliphatic heterocycles. The van der Waals surface area contributed by atoms with E-state index in [4.69, 9.17) is 5.73 Å². The number of hydrogen-bond acceptors (Lipinski definition) is 3. The van der Waals surface area contributed by atoms with Crippen molar-refractivity contribution in [3.8, 4) is 0 Å². The molecule has 4 heteroatoms. The molecule has 0 heterocycles. The van der Waals surface area contributed by atoms with Crippen molar-refractivity contribution in [3.05, 3.63) is 0 Å². The number of hydrogen-bond donors (Lipinski definition) is 2. The topological polar surface area (TPSA) is 72.2 Å². The van der Waals surface area contributed by atoms with Crippen molar-refractivity contribution in [2.75, 3.05) is 0 Å². The van der Waals surface area contributed by atoms with Gasteiger partial charge in [0.25, 0.3) is 0 Å². The number of nitrogens with two attached hydrogens (primary N) is 1. The van der Waals surface area contributed by atoms with Crippen molar-refractivity contribution >= 4 is 11.7 Å². The fourth-order valence-corrected chi connectivity index (χ4v) is 1.39. The minimum Gasteiger partial charge on any atom is -0.345 e. The number of carbonyl (C=O) groups excluding carboxylic acids is 2. The lowest BCUT2D eigenvalue weighted by atomic mass is 9.97. The summed E-state index contributed by atoms with van der Waals surface area (Å²) in [4.78, 5) is 23.4. The molecule has 0 aromatic carbocycles. The molecular formula is C12H24N2O2. The van der Waals surface area contributed by atoms with Crippen LogP contribution in [-0.2, 0) is 9.59 Å². The molecule has 0 fully saturated rings. The number of amides is 1. The van der Waals surface area contributed by atoms with Crippen LogP contribution in [0.25, 0.3) is 0 Å². The molecule has 4 nitrogen and oxygen atoms in total. The highest BCUT2D eigenvalue weighted by atomic mass is 16.2. The van der Waals surface area contributed by atoms with Crippen LogP contribution in [0.15, 0.2) is 0 Å². The molecule has 0 aromatic heterocycles. The van der Waals surface area contributed by atoms with E-state index in [1.54, 1.807) is 6.92 Å². The molecular weight excluding hydrogens is 204 g/mol. The SMILES string of the molecule is CCC(=O)[C@H](NC(=O)[C@@H](N)C(C)C)C(C)C. The molecule has 1 amide bonds. The summed E-state index contributed by atoms with van der Waals surface area (Å²) in [6, 6.07) is -0.965. The third-order valence-electron chi connectivity index (χ3n) is 2.68. The maximum atomic E-state index is 11.7. The van der Waals surface area contributed by atoms with Gasteiger partial charge in [-0.3, -0.25) is 9.59 Å². The number of carbonyl (C=O) groups is 2. The lowest BCUT2D eigenvalue weighted by Crippen LogP contribution is -2.52. The zero-order chi connectivity index (χ0) is 12.9. The molecule has 0 saturated heterocycles. The number of Topliss-reactive ketones (excluding diaryl/α,β-unsaturated/α-hetero) is 1. The fourth-order valence-electron chi connectivity index (χ4n) is 1.39. The summed E-state index contributed by atoms with van der Waals surface area (Å²) in [5.41, 5.74) is 5.73. The molecule has 16 heavy (non-hydrogen) atoms. The number of ketones is 1. The van der Waals surface area contributed by atoms with E-state index >= 15 is 0 Å². The summed E-state index contributed by atoms with van der Waals surface area (Å²) in [6.45, 7) is 9.40. The van der Waals surface area contributed by atoms with Crippen molar-refractivity contribution in [2.45, 2.75) is 53.1 Å². The molecule has 0 radical (unpaired) electrons. The van der Waals surface area contributed by atoms with E-state index in [-0.39, 0.29) is 23.5 Å². The normalized spacial score (nSPS) is 15.0. The van der Waals surface area contributed by atoms with Crippen molar-refractivity contribution in [1.29, 1.82) is 0 Å². The van der Waals surface area contributed by atoms with Gasteiger partial charge < -0.3 is 11.1 Å². The van der Waals surface area contributed by atoms with Gasteiger partial charge in [-0.15, -0.1) is 0 Å². The first-order valence-electron chi connectivity index (χ1n) is 5.89. The van der Waals surface area contributed by atoms with E-state index in [0.717, 1.165) is 0 Å². The Morgan fingerprint density at radius 3 is 1.94 bits per heavy atom. The van der Waals surface area contributed by atoms with Gasteiger partial charge in [0.1, 0.15) is 0 Å². The minimum atomic E-state index is -0.550. The van der Waals surface area contributed by atoms with Gasteiger partial charge >= 0.3 is 0 Å². The van der Waals surface area contributed by atoms with Crippen LogP contribution in [0, 0.1) is 11.8 Å². The van der Waals surface area contributed by atoms with E-state index in [0.29, 0.717) is 6.42 Å². The van der Waals surface area contributed by atoms with Crippen LogP contribution in [0.4, 0.5) is 0 Å². The highest BCUT2D eigenvalue weighted by Gasteiger charge is 2.26. The number of nitrogens with one attached hydrogen (secondary N) is 1. The van der Waals surface area contributed by atoms with Crippen molar-refractivity contribution < 1.29 is 9.59 Å². The Hall–Kier alpha value is -0.900. The summed E-state index contributed by atoms with van der Waals surface area (Å²) in [7, 11) is 0. The summed E-state index contributed by atoms with van der Waals surface area (Å²) in [5, 5.41) is 2.73. The van der Waals surface area contributed by atoms with Crippen LogP contribution in [0.2, 0.25) is 0 Å². The Kier molecular flexibility index (Phi) is 6.26. The maximum absolute atomic E-state index is 11.7. The first kappa shape index (κ1) is 15.1.